The first-order valence-corrected chi connectivity index (χ1v) is 8.72. The van der Waals surface area contributed by atoms with Crippen LogP contribution in [0.4, 0.5) is 17.5 Å². The highest BCUT2D eigenvalue weighted by molar-refractivity contribution is 6.30. The molecule has 1 fully saturated rings. The van der Waals surface area contributed by atoms with Gasteiger partial charge in [-0.3, -0.25) is 0 Å². The molecule has 3 rings (SSSR count). The highest BCUT2D eigenvalue weighted by Crippen LogP contribution is 2.22. The molecule has 1 aromatic carbocycles. The summed E-state index contributed by atoms with van der Waals surface area (Å²) in [6.07, 6.45) is 7.67. The van der Waals surface area contributed by atoms with Gasteiger partial charge in [-0.1, -0.05) is 43.4 Å². The summed E-state index contributed by atoms with van der Waals surface area (Å²) in [7, 11) is 0. The Kier molecular flexibility index (Phi) is 5.34. The summed E-state index contributed by atoms with van der Waals surface area (Å²) in [6, 6.07) is 10.1. The van der Waals surface area contributed by atoms with Crippen molar-refractivity contribution >= 4 is 29.1 Å². The molecule has 5 heteroatoms. The third-order valence-corrected chi connectivity index (χ3v) is 4.37. The van der Waals surface area contributed by atoms with Gasteiger partial charge in [0.2, 0.25) is 5.95 Å². The van der Waals surface area contributed by atoms with Gasteiger partial charge in [-0.25, -0.2) is 4.98 Å². The second kappa shape index (κ2) is 7.64. The first kappa shape index (κ1) is 16.1. The van der Waals surface area contributed by atoms with E-state index in [9.17, 15) is 0 Å². The van der Waals surface area contributed by atoms with Gasteiger partial charge in [0, 0.05) is 28.5 Å². The van der Waals surface area contributed by atoms with Crippen molar-refractivity contribution in [3.05, 3.63) is 41.0 Å². The number of aromatic nitrogens is 2. The van der Waals surface area contributed by atoms with Gasteiger partial charge in [-0.05, 0) is 38.0 Å². The molecule has 0 saturated heterocycles. The maximum atomic E-state index is 6.03. The first-order chi connectivity index (χ1) is 11.2. The predicted molar refractivity (Wildman–Crippen MR) is 96.6 cm³/mol. The van der Waals surface area contributed by atoms with Crippen molar-refractivity contribution in [1.82, 2.24) is 9.97 Å². The van der Waals surface area contributed by atoms with E-state index in [1.165, 1.54) is 38.5 Å². The molecule has 2 aromatic rings. The minimum absolute atomic E-state index is 0.485. The van der Waals surface area contributed by atoms with Crippen molar-refractivity contribution in [2.75, 3.05) is 10.6 Å². The van der Waals surface area contributed by atoms with Crippen LogP contribution in [0.5, 0.6) is 0 Å². The van der Waals surface area contributed by atoms with Gasteiger partial charge in [0.25, 0.3) is 0 Å². The summed E-state index contributed by atoms with van der Waals surface area (Å²) in [5.74, 6) is 1.50. The zero-order valence-electron chi connectivity index (χ0n) is 13.5. The van der Waals surface area contributed by atoms with E-state index in [0.717, 1.165) is 17.2 Å². The van der Waals surface area contributed by atoms with E-state index in [2.05, 4.69) is 20.6 Å². The quantitative estimate of drug-likeness (QED) is 0.745. The Morgan fingerprint density at radius 3 is 2.57 bits per heavy atom. The minimum atomic E-state index is 0.485. The molecule has 0 aliphatic heterocycles. The Morgan fingerprint density at radius 1 is 1.04 bits per heavy atom. The zero-order chi connectivity index (χ0) is 16.1. The topological polar surface area (TPSA) is 49.8 Å². The highest BCUT2D eigenvalue weighted by Gasteiger charge is 2.13. The standard InChI is InChI=1S/C18H23ClN4/c1-13-11-17(21-16-10-6-7-14(19)12-16)23-18(20-13)22-15-8-4-2-3-5-9-15/h6-7,10-12,15H,2-5,8-9H2,1H3,(H2,20,21,22,23). The van der Waals surface area contributed by atoms with Crippen molar-refractivity contribution in [3.8, 4) is 0 Å². The number of hydrogen-bond acceptors (Lipinski definition) is 4. The molecule has 1 aliphatic carbocycles. The van der Waals surface area contributed by atoms with Crippen molar-refractivity contribution in [1.29, 1.82) is 0 Å². The third kappa shape index (κ3) is 4.83. The number of nitrogens with zero attached hydrogens (tertiary/aromatic N) is 2. The lowest BCUT2D eigenvalue weighted by Crippen LogP contribution is -2.20. The highest BCUT2D eigenvalue weighted by atomic mass is 35.5. The van der Waals surface area contributed by atoms with Crippen LogP contribution >= 0.6 is 11.6 Å². The van der Waals surface area contributed by atoms with E-state index in [4.69, 9.17) is 11.6 Å². The number of nitrogens with one attached hydrogen (secondary N) is 2. The lowest BCUT2D eigenvalue weighted by molar-refractivity contribution is 0.614. The number of rotatable bonds is 4. The van der Waals surface area contributed by atoms with E-state index in [1.54, 1.807) is 0 Å². The number of halogens is 1. The van der Waals surface area contributed by atoms with Gasteiger partial charge in [0.1, 0.15) is 5.82 Å². The third-order valence-electron chi connectivity index (χ3n) is 4.14. The van der Waals surface area contributed by atoms with Crippen LogP contribution in [-0.2, 0) is 0 Å². The van der Waals surface area contributed by atoms with Crippen LogP contribution < -0.4 is 10.6 Å². The summed E-state index contributed by atoms with van der Waals surface area (Å²) in [4.78, 5) is 9.14. The molecule has 23 heavy (non-hydrogen) atoms. The number of aryl methyl sites for hydroxylation is 1. The molecule has 0 atom stereocenters. The second-order valence-electron chi connectivity index (χ2n) is 6.19. The molecule has 0 amide bonds. The van der Waals surface area contributed by atoms with Crippen molar-refractivity contribution < 1.29 is 0 Å². The molecule has 4 nitrogen and oxygen atoms in total. The lowest BCUT2D eigenvalue weighted by Gasteiger charge is -2.17. The maximum Gasteiger partial charge on any atom is 0.225 e. The average Bonchev–Trinajstić information content (AvgIpc) is 2.75. The van der Waals surface area contributed by atoms with Gasteiger partial charge in [0.15, 0.2) is 0 Å². The molecule has 1 aliphatic rings. The lowest BCUT2D eigenvalue weighted by atomic mass is 10.1. The Hall–Kier alpha value is -1.81. The second-order valence-corrected chi connectivity index (χ2v) is 6.62. The van der Waals surface area contributed by atoms with Gasteiger partial charge < -0.3 is 10.6 Å². The number of hydrogen-bond donors (Lipinski definition) is 2. The molecule has 0 bridgehead atoms. The molecule has 122 valence electrons. The molecule has 0 spiro atoms. The average molecular weight is 331 g/mol. The Labute approximate surface area is 142 Å². The van der Waals surface area contributed by atoms with Gasteiger partial charge in [-0.15, -0.1) is 0 Å². The smallest absolute Gasteiger partial charge is 0.225 e. The molecule has 2 N–H and O–H groups in total. The number of anilines is 3. The summed E-state index contributed by atoms with van der Waals surface area (Å²) < 4.78 is 0. The summed E-state index contributed by atoms with van der Waals surface area (Å²) >= 11 is 6.03. The Balaban J connectivity index is 1.73. The van der Waals surface area contributed by atoms with E-state index in [1.807, 2.05) is 37.3 Å². The van der Waals surface area contributed by atoms with E-state index < -0.39 is 0 Å². The van der Waals surface area contributed by atoms with Gasteiger partial charge in [-0.2, -0.15) is 4.98 Å². The normalized spacial score (nSPS) is 15.9. The van der Waals surface area contributed by atoms with Gasteiger partial charge in [0.05, 0.1) is 0 Å². The predicted octanol–water partition coefficient (Wildman–Crippen LogP) is 5.32. The van der Waals surface area contributed by atoms with Crippen LogP contribution in [0, 0.1) is 6.92 Å². The largest absolute Gasteiger partial charge is 0.351 e. The van der Waals surface area contributed by atoms with Crippen LogP contribution in [0.15, 0.2) is 30.3 Å². The van der Waals surface area contributed by atoms with Crippen LogP contribution in [0.1, 0.15) is 44.2 Å². The van der Waals surface area contributed by atoms with E-state index in [0.29, 0.717) is 17.0 Å². The van der Waals surface area contributed by atoms with Crippen LogP contribution in [-0.4, -0.2) is 16.0 Å². The van der Waals surface area contributed by atoms with E-state index in [-0.39, 0.29) is 0 Å². The number of benzene rings is 1. The van der Waals surface area contributed by atoms with Crippen LogP contribution in [0.3, 0.4) is 0 Å². The van der Waals surface area contributed by atoms with Crippen LogP contribution in [0.2, 0.25) is 5.02 Å². The maximum absolute atomic E-state index is 6.03. The van der Waals surface area contributed by atoms with Crippen molar-refractivity contribution in [3.63, 3.8) is 0 Å². The molecule has 0 unspecified atom stereocenters. The Bertz CT molecular complexity index is 651. The summed E-state index contributed by atoms with van der Waals surface area (Å²) in [5, 5.41) is 7.52. The SMILES string of the molecule is Cc1cc(Nc2cccc(Cl)c2)nc(NC2CCCCCC2)n1. The van der Waals surface area contributed by atoms with Gasteiger partial charge >= 0.3 is 0 Å². The zero-order valence-corrected chi connectivity index (χ0v) is 14.2. The monoisotopic (exact) mass is 330 g/mol. The first-order valence-electron chi connectivity index (χ1n) is 8.34. The molecule has 1 aromatic heterocycles. The fourth-order valence-corrected chi connectivity index (χ4v) is 3.21. The molecule has 1 saturated carbocycles. The van der Waals surface area contributed by atoms with Crippen molar-refractivity contribution in [2.45, 2.75) is 51.5 Å². The molecular formula is C18H23ClN4. The van der Waals surface area contributed by atoms with Crippen LogP contribution in [0.25, 0.3) is 0 Å². The minimum Gasteiger partial charge on any atom is -0.351 e. The molecule has 1 heterocycles. The van der Waals surface area contributed by atoms with E-state index >= 15 is 0 Å². The Morgan fingerprint density at radius 2 is 1.83 bits per heavy atom. The van der Waals surface area contributed by atoms with Crippen molar-refractivity contribution in [2.24, 2.45) is 0 Å². The summed E-state index contributed by atoms with van der Waals surface area (Å²) in [5.41, 5.74) is 1.87. The molecular weight excluding hydrogens is 308 g/mol. The fourth-order valence-electron chi connectivity index (χ4n) is 3.02. The summed E-state index contributed by atoms with van der Waals surface area (Å²) in [6.45, 7) is 1.99. The molecule has 0 radical (unpaired) electrons. The fraction of sp³-hybridized carbons (Fsp3) is 0.444.